The number of aliphatic hydroxyl groups is 1. The lowest BCUT2D eigenvalue weighted by atomic mass is 10.0. The first kappa shape index (κ1) is 23.2. The van der Waals surface area contributed by atoms with Gasteiger partial charge in [-0.15, -0.1) is 11.3 Å². The minimum atomic E-state index is -0.491. The van der Waals surface area contributed by atoms with Crippen LogP contribution in [0.4, 0.5) is 0 Å². The molecule has 2 aliphatic rings. The lowest BCUT2D eigenvalue weighted by molar-refractivity contribution is -0.136. The summed E-state index contributed by atoms with van der Waals surface area (Å²) in [6, 6.07) is 10.1. The van der Waals surface area contributed by atoms with Crippen molar-refractivity contribution in [2.24, 2.45) is 0 Å². The van der Waals surface area contributed by atoms with Crippen molar-refractivity contribution in [1.82, 2.24) is 9.80 Å². The molecule has 1 fully saturated rings. The zero-order valence-electron chi connectivity index (χ0n) is 19.0. The third kappa shape index (κ3) is 5.90. The zero-order valence-corrected chi connectivity index (χ0v) is 19.9. The number of nitrogens with zero attached hydrogens (tertiary/aromatic N) is 2. The number of hydrogen-bond acceptors (Lipinski definition) is 6. The summed E-state index contributed by atoms with van der Waals surface area (Å²) in [5.41, 5.74) is 2.39. The summed E-state index contributed by atoms with van der Waals surface area (Å²) in [6.45, 7) is 7.16. The van der Waals surface area contributed by atoms with E-state index in [2.05, 4.69) is 18.4 Å². The molecule has 0 aliphatic carbocycles. The number of hydrogen-bond donors (Lipinski definition) is 1. The molecule has 1 amide bonds. The molecule has 0 saturated carbocycles. The van der Waals surface area contributed by atoms with Crippen LogP contribution in [-0.2, 0) is 16.0 Å². The van der Waals surface area contributed by atoms with Gasteiger partial charge in [-0.2, -0.15) is 0 Å². The molecule has 2 aromatic rings. The molecule has 1 saturated heterocycles. The minimum absolute atomic E-state index is 0.0815. The number of ether oxygens (including phenoxy) is 2. The molecular formula is C25H34N2O4S. The second kappa shape index (κ2) is 10.8. The Balaban J connectivity index is 1.45. The minimum Gasteiger partial charge on any atom is -0.491 e. The number of carbonyl (C=O) groups excluding carboxylic acids is 1. The van der Waals surface area contributed by atoms with Gasteiger partial charge in [0, 0.05) is 31.1 Å². The third-order valence-corrected chi connectivity index (χ3v) is 7.21. The van der Waals surface area contributed by atoms with Crippen LogP contribution in [0.5, 0.6) is 5.75 Å². The molecule has 0 radical (unpaired) electrons. The van der Waals surface area contributed by atoms with E-state index in [1.165, 1.54) is 16.0 Å². The van der Waals surface area contributed by atoms with E-state index in [0.29, 0.717) is 26.2 Å². The monoisotopic (exact) mass is 458 g/mol. The average Bonchev–Trinajstić information content (AvgIpc) is 3.44. The van der Waals surface area contributed by atoms with Crippen LogP contribution in [0.2, 0.25) is 0 Å². The van der Waals surface area contributed by atoms with E-state index in [9.17, 15) is 9.90 Å². The van der Waals surface area contributed by atoms with Gasteiger partial charge in [0.25, 0.3) is 0 Å². The number of fused-ring (bicyclic) bond motifs is 1. The Morgan fingerprint density at radius 2 is 2.16 bits per heavy atom. The molecule has 1 N–H and O–H groups in total. The van der Waals surface area contributed by atoms with Crippen molar-refractivity contribution in [3.05, 3.63) is 51.7 Å². The fourth-order valence-electron chi connectivity index (χ4n) is 4.62. The largest absolute Gasteiger partial charge is 0.491 e. The highest BCUT2D eigenvalue weighted by atomic mass is 32.1. The van der Waals surface area contributed by atoms with E-state index in [0.717, 1.165) is 31.6 Å². The van der Waals surface area contributed by atoms with Gasteiger partial charge in [-0.25, -0.2) is 0 Å². The Bertz CT molecular complexity index is 876. The predicted octanol–water partition coefficient (Wildman–Crippen LogP) is 3.42. The predicted molar refractivity (Wildman–Crippen MR) is 126 cm³/mol. The van der Waals surface area contributed by atoms with E-state index in [-0.39, 0.29) is 24.6 Å². The molecular weight excluding hydrogens is 424 g/mol. The fraction of sp³-hybridized carbons (Fsp3) is 0.560. The molecule has 0 unspecified atom stereocenters. The Kier molecular flexibility index (Phi) is 7.84. The van der Waals surface area contributed by atoms with Crippen LogP contribution < -0.4 is 4.74 Å². The van der Waals surface area contributed by atoms with Gasteiger partial charge in [-0.1, -0.05) is 17.7 Å². The van der Waals surface area contributed by atoms with Gasteiger partial charge in [0.1, 0.15) is 12.4 Å². The lowest BCUT2D eigenvalue weighted by Crippen LogP contribution is -2.48. The molecule has 2 aliphatic heterocycles. The van der Waals surface area contributed by atoms with Gasteiger partial charge < -0.3 is 19.5 Å². The fourth-order valence-corrected chi connectivity index (χ4v) is 5.55. The van der Waals surface area contributed by atoms with Gasteiger partial charge in [-0.3, -0.25) is 9.69 Å². The summed E-state index contributed by atoms with van der Waals surface area (Å²) in [6.07, 6.45) is 2.61. The van der Waals surface area contributed by atoms with Crippen LogP contribution in [0.1, 0.15) is 41.8 Å². The Morgan fingerprint density at radius 1 is 1.34 bits per heavy atom. The molecule has 0 spiro atoms. The first-order valence-corrected chi connectivity index (χ1v) is 12.4. The summed E-state index contributed by atoms with van der Waals surface area (Å²) in [5.74, 6) is 0.900. The van der Waals surface area contributed by atoms with Crippen molar-refractivity contribution >= 4 is 17.2 Å². The lowest BCUT2D eigenvalue weighted by Gasteiger charge is -2.37. The first-order chi connectivity index (χ1) is 15.5. The maximum absolute atomic E-state index is 13.5. The van der Waals surface area contributed by atoms with Gasteiger partial charge in [0.05, 0.1) is 24.8 Å². The number of carbonyl (C=O) groups is 1. The maximum Gasteiger partial charge on any atom is 0.237 e. The van der Waals surface area contributed by atoms with Crippen LogP contribution in [0.3, 0.4) is 0 Å². The molecule has 174 valence electrons. The van der Waals surface area contributed by atoms with E-state index in [4.69, 9.17) is 9.47 Å². The zero-order chi connectivity index (χ0) is 22.5. The number of thiophene rings is 1. The number of rotatable bonds is 9. The second-order valence-corrected chi connectivity index (χ2v) is 9.95. The summed E-state index contributed by atoms with van der Waals surface area (Å²) < 4.78 is 11.9. The van der Waals surface area contributed by atoms with Gasteiger partial charge in [-0.05, 0) is 62.3 Å². The maximum atomic E-state index is 13.5. The molecule has 3 atom stereocenters. The first-order valence-electron chi connectivity index (χ1n) is 11.6. The molecule has 3 heterocycles. The van der Waals surface area contributed by atoms with Crippen molar-refractivity contribution in [3.63, 3.8) is 0 Å². The number of amides is 1. The van der Waals surface area contributed by atoms with Gasteiger partial charge in [0.2, 0.25) is 5.91 Å². The standard InChI is InChI=1S/C25H34N2O4S/c1-18-5-7-20(8-6-18)31-17-23-22-10-13-32-24(22)9-11-27(23)25(29)16-26(14-19(2)28)15-21-4-3-12-30-21/h5-8,10,13,19,21,23,28H,3-4,9,11-12,14-17H2,1-2H3/t19-,21-,23+/m0/s1. The number of aryl methyl sites for hydroxylation is 1. The smallest absolute Gasteiger partial charge is 0.237 e. The van der Waals surface area contributed by atoms with Crippen molar-refractivity contribution < 1.29 is 19.4 Å². The highest BCUT2D eigenvalue weighted by Gasteiger charge is 2.33. The Labute approximate surface area is 194 Å². The second-order valence-electron chi connectivity index (χ2n) is 8.95. The van der Waals surface area contributed by atoms with Gasteiger partial charge >= 0.3 is 0 Å². The van der Waals surface area contributed by atoms with Crippen molar-refractivity contribution in [1.29, 1.82) is 0 Å². The van der Waals surface area contributed by atoms with Crippen LogP contribution in [0.15, 0.2) is 35.7 Å². The van der Waals surface area contributed by atoms with Crippen molar-refractivity contribution in [2.45, 2.75) is 51.4 Å². The molecule has 4 rings (SSSR count). The van der Waals surface area contributed by atoms with E-state index in [1.54, 1.807) is 18.3 Å². The summed E-state index contributed by atoms with van der Waals surface area (Å²) in [7, 11) is 0. The topological polar surface area (TPSA) is 62.2 Å². The third-order valence-electron chi connectivity index (χ3n) is 6.21. The van der Waals surface area contributed by atoms with Crippen LogP contribution in [-0.4, -0.2) is 72.4 Å². The summed E-state index contributed by atoms with van der Waals surface area (Å²) in [4.78, 5) is 18.8. The molecule has 32 heavy (non-hydrogen) atoms. The van der Waals surface area contributed by atoms with Gasteiger partial charge in [0.15, 0.2) is 0 Å². The highest BCUT2D eigenvalue weighted by Crippen LogP contribution is 2.34. The Hall–Kier alpha value is -1.93. The number of aliphatic hydroxyl groups excluding tert-OH is 1. The molecule has 0 bridgehead atoms. The highest BCUT2D eigenvalue weighted by molar-refractivity contribution is 7.10. The van der Waals surface area contributed by atoms with Crippen LogP contribution >= 0.6 is 11.3 Å². The normalized spacial score (nSPS) is 21.6. The van der Waals surface area contributed by atoms with E-state index in [1.807, 2.05) is 34.1 Å². The summed E-state index contributed by atoms with van der Waals surface area (Å²) >= 11 is 1.76. The molecule has 1 aromatic heterocycles. The van der Waals surface area contributed by atoms with Crippen LogP contribution in [0, 0.1) is 6.92 Å². The molecule has 7 heteroatoms. The van der Waals surface area contributed by atoms with Crippen molar-refractivity contribution in [2.75, 3.05) is 39.4 Å². The number of benzene rings is 1. The SMILES string of the molecule is Cc1ccc(OC[C@@H]2c3ccsc3CCN2C(=O)CN(C[C@@H]2CCCO2)C[C@H](C)O)cc1. The average molecular weight is 459 g/mol. The van der Waals surface area contributed by atoms with E-state index < -0.39 is 6.10 Å². The Morgan fingerprint density at radius 3 is 2.88 bits per heavy atom. The molecule has 6 nitrogen and oxygen atoms in total. The quantitative estimate of drug-likeness (QED) is 0.624. The van der Waals surface area contributed by atoms with Crippen molar-refractivity contribution in [3.8, 4) is 5.75 Å². The molecule has 1 aromatic carbocycles. The van der Waals surface area contributed by atoms with Crippen LogP contribution in [0.25, 0.3) is 0 Å². The van der Waals surface area contributed by atoms with E-state index >= 15 is 0 Å². The summed E-state index contributed by atoms with van der Waals surface area (Å²) in [5, 5.41) is 12.1.